The molecule has 1 saturated heterocycles. The number of nitrogens with one attached hydrogen (secondary N) is 2. The first-order valence-electron chi connectivity index (χ1n) is 7.93. The number of methoxy groups -OCH3 is 1. The summed E-state index contributed by atoms with van der Waals surface area (Å²) in [4.78, 5) is 4.62. The molecule has 0 spiro atoms. The highest BCUT2D eigenvalue weighted by Crippen LogP contribution is 2.26. The molecule has 7 heteroatoms. The minimum absolute atomic E-state index is 0. The summed E-state index contributed by atoms with van der Waals surface area (Å²) in [5.74, 6) is 0.614. The van der Waals surface area contributed by atoms with E-state index >= 15 is 0 Å². The van der Waals surface area contributed by atoms with Gasteiger partial charge in [0.1, 0.15) is 0 Å². The lowest BCUT2D eigenvalue weighted by atomic mass is 9.89. The lowest BCUT2D eigenvalue weighted by Crippen LogP contribution is -2.44. The van der Waals surface area contributed by atoms with Gasteiger partial charge in [0.25, 0.3) is 0 Å². The van der Waals surface area contributed by atoms with E-state index in [1.165, 1.54) is 13.2 Å². The molecule has 1 aromatic rings. The van der Waals surface area contributed by atoms with Crippen molar-refractivity contribution in [2.75, 3.05) is 33.4 Å². The Kier molecular flexibility index (Phi) is 8.21. The second-order valence-electron chi connectivity index (χ2n) is 6.26. The standard InChI is InChI=1S/C17H26FN3O2.HI/c1-5-19-16(20-9-17(3)10-23-11-17)21-12(2)13-6-7-15(22-4)14(18)8-13;/h6-8,12H,5,9-11H2,1-4H3,(H2,19,20,21);1H. The quantitative estimate of drug-likeness (QED) is 0.397. The van der Waals surface area contributed by atoms with E-state index < -0.39 is 0 Å². The van der Waals surface area contributed by atoms with Crippen molar-refractivity contribution in [2.24, 2.45) is 10.4 Å². The fourth-order valence-electron chi connectivity index (χ4n) is 2.37. The normalized spacial score (nSPS) is 17.3. The van der Waals surface area contributed by atoms with Crippen molar-refractivity contribution < 1.29 is 13.9 Å². The number of nitrogens with zero attached hydrogens (tertiary/aromatic N) is 1. The second-order valence-corrected chi connectivity index (χ2v) is 6.26. The maximum atomic E-state index is 13.8. The Balaban J connectivity index is 0.00000288. The Hall–Kier alpha value is -1.09. The third-order valence-corrected chi connectivity index (χ3v) is 3.89. The van der Waals surface area contributed by atoms with Gasteiger partial charge in [-0.2, -0.15) is 0 Å². The van der Waals surface area contributed by atoms with Crippen LogP contribution in [0.15, 0.2) is 23.2 Å². The zero-order valence-electron chi connectivity index (χ0n) is 14.7. The summed E-state index contributed by atoms with van der Waals surface area (Å²) < 4.78 is 24.0. The van der Waals surface area contributed by atoms with Crippen molar-refractivity contribution in [2.45, 2.75) is 26.8 Å². The van der Waals surface area contributed by atoms with Crippen LogP contribution in [0.2, 0.25) is 0 Å². The fraction of sp³-hybridized carbons (Fsp3) is 0.588. The van der Waals surface area contributed by atoms with Crippen LogP contribution >= 0.6 is 24.0 Å². The Morgan fingerprint density at radius 3 is 2.67 bits per heavy atom. The molecule has 1 aliphatic heterocycles. The molecule has 1 atom stereocenters. The third kappa shape index (κ3) is 5.47. The molecule has 24 heavy (non-hydrogen) atoms. The predicted octanol–water partition coefficient (Wildman–Crippen LogP) is 3.10. The average Bonchev–Trinajstić information content (AvgIpc) is 2.50. The maximum absolute atomic E-state index is 13.8. The molecule has 2 N–H and O–H groups in total. The number of rotatable bonds is 6. The molecule has 1 heterocycles. The van der Waals surface area contributed by atoms with E-state index in [1.54, 1.807) is 6.07 Å². The molecule has 136 valence electrons. The minimum Gasteiger partial charge on any atom is -0.494 e. The van der Waals surface area contributed by atoms with Crippen molar-refractivity contribution in [1.82, 2.24) is 10.6 Å². The van der Waals surface area contributed by atoms with Gasteiger partial charge in [0.15, 0.2) is 17.5 Å². The molecule has 1 aliphatic rings. The highest BCUT2D eigenvalue weighted by Gasteiger charge is 2.33. The molecule has 0 aromatic heterocycles. The molecular formula is C17H27FIN3O2. The van der Waals surface area contributed by atoms with Crippen LogP contribution in [-0.2, 0) is 4.74 Å². The van der Waals surface area contributed by atoms with Gasteiger partial charge in [0.2, 0.25) is 0 Å². The van der Waals surface area contributed by atoms with Gasteiger partial charge in [-0.1, -0.05) is 13.0 Å². The van der Waals surface area contributed by atoms with Crippen LogP contribution in [0.5, 0.6) is 5.75 Å². The van der Waals surface area contributed by atoms with E-state index in [4.69, 9.17) is 9.47 Å². The summed E-state index contributed by atoms with van der Waals surface area (Å²) in [5, 5.41) is 6.53. The summed E-state index contributed by atoms with van der Waals surface area (Å²) in [7, 11) is 1.46. The van der Waals surface area contributed by atoms with E-state index in [1.807, 2.05) is 19.9 Å². The smallest absolute Gasteiger partial charge is 0.191 e. The van der Waals surface area contributed by atoms with E-state index in [2.05, 4.69) is 22.5 Å². The average molecular weight is 451 g/mol. The van der Waals surface area contributed by atoms with Crippen LogP contribution in [-0.4, -0.2) is 39.4 Å². The van der Waals surface area contributed by atoms with Gasteiger partial charge >= 0.3 is 0 Å². The van der Waals surface area contributed by atoms with E-state index in [0.29, 0.717) is 6.54 Å². The summed E-state index contributed by atoms with van der Waals surface area (Å²) >= 11 is 0. The highest BCUT2D eigenvalue weighted by atomic mass is 127. The zero-order valence-corrected chi connectivity index (χ0v) is 17.0. The van der Waals surface area contributed by atoms with Crippen LogP contribution < -0.4 is 15.4 Å². The van der Waals surface area contributed by atoms with Crippen LogP contribution in [0.3, 0.4) is 0 Å². The number of hydrogen-bond acceptors (Lipinski definition) is 3. The Labute approximate surface area is 160 Å². The van der Waals surface area contributed by atoms with Crippen molar-refractivity contribution in [1.29, 1.82) is 0 Å². The van der Waals surface area contributed by atoms with Crippen molar-refractivity contribution >= 4 is 29.9 Å². The van der Waals surface area contributed by atoms with Gasteiger partial charge in [-0.3, -0.25) is 4.99 Å². The number of hydrogen-bond donors (Lipinski definition) is 2. The Morgan fingerprint density at radius 1 is 1.46 bits per heavy atom. The lowest BCUT2D eigenvalue weighted by molar-refractivity contribution is -0.0945. The molecule has 0 radical (unpaired) electrons. The number of guanidine groups is 1. The predicted molar refractivity (Wildman–Crippen MR) is 105 cm³/mol. The molecule has 5 nitrogen and oxygen atoms in total. The maximum Gasteiger partial charge on any atom is 0.191 e. The Morgan fingerprint density at radius 2 is 2.17 bits per heavy atom. The van der Waals surface area contributed by atoms with E-state index in [-0.39, 0.29) is 47.0 Å². The molecule has 0 aliphatic carbocycles. The summed E-state index contributed by atoms with van der Waals surface area (Å²) in [5.41, 5.74) is 0.963. The summed E-state index contributed by atoms with van der Waals surface area (Å²) in [6, 6.07) is 4.91. The first-order valence-corrected chi connectivity index (χ1v) is 7.93. The topological polar surface area (TPSA) is 54.9 Å². The van der Waals surface area contributed by atoms with Gasteiger partial charge in [-0.15, -0.1) is 24.0 Å². The van der Waals surface area contributed by atoms with Crippen LogP contribution in [0.4, 0.5) is 4.39 Å². The van der Waals surface area contributed by atoms with Crippen molar-refractivity contribution in [3.05, 3.63) is 29.6 Å². The monoisotopic (exact) mass is 451 g/mol. The molecule has 1 fully saturated rings. The molecule has 2 rings (SSSR count). The second kappa shape index (κ2) is 9.41. The summed E-state index contributed by atoms with van der Waals surface area (Å²) in [6.45, 7) is 9.11. The number of ether oxygens (including phenoxy) is 2. The van der Waals surface area contributed by atoms with Gasteiger partial charge in [-0.05, 0) is 31.5 Å². The minimum atomic E-state index is -0.361. The Bertz CT molecular complexity index is 565. The third-order valence-electron chi connectivity index (χ3n) is 3.89. The first kappa shape index (κ1) is 21.0. The van der Waals surface area contributed by atoms with E-state index in [9.17, 15) is 4.39 Å². The van der Waals surface area contributed by atoms with Crippen LogP contribution in [0, 0.1) is 11.2 Å². The molecule has 0 bridgehead atoms. The molecule has 0 saturated carbocycles. The van der Waals surface area contributed by atoms with Gasteiger partial charge in [0, 0.05) is 12.0 Å². The van der Waals surface area contributed by atoms with Crippen molar-refractivity contribution in [3.63, 3.8) is 0 Å². The number of benzene rings is 1. The zero-order chi connectivity index (χ0) is 16.9. The largest absolute Gasteiger partial charge is 0.494 e. The SMILES string of the molecule is CCNC(=NCC1(C)COC1)NC(C)c1ccc(OC)c(F)c1.I. The fourth-order valence-corrected chi connectivity index (χ4v) is 2.37. The number of halogens is 2. The van der Waals surface area contributed by atoms with Crippen LogP contribution in [0.25, 0.3) is 0 Å². The van der Waals surface area contributed by atoms with Gasteiger partial charge in [0.05, 0.1) is 32.9 Å². The molecule has 1 unspecified atom stereocenters. The van der Waals surface area contributed by atoms with Gasteiger partial charge in [-0.25, -0.2) is 4.39 Å². The van der Waals surface area contributed by atoms with Gasteiger partial charge < -0.3 is 20.1 Å². The number of aliphatic imine (C=N–C) groups is 1. The van der Waals surface area contributed by atoms with Crippen LogP contribution in [0.1, 0.15) is 32.4 Å². The summed E-state index contributed by atoms with van der Waals surface area (Å²) in [6.07, 6.45) is 0. The van der Waals surface area contributed by atoms with E-state index in [0.717, 1.165) is 31.3 Å². The first-order chi connectivity index (χ1) is 11.0. The highest BCUT2D eigenvalue weighted by molar-refractivity contribution is 14.0. The lowest BCUT2D eigenvalue weighted by Gasteiger charge is -2.36. The molecule has 0 amide bonds. The molecule has 1 aromatic carbocycles. The van der Waals surface area contributed by atoms with Crippen molar-refractivity contribution in [3.8, 4) is 5.75 Å². The molecular weight excluding hydrogens is 424 g/mol.